The maximum Gasteiger partial charge on any atom is 0.415 e. The van der Waals surface area contributed by atoms with Crippen molar-refractivity contribution in [2.75, 3.05) is 61.0 Å². The second kappa shape index (κ2) is 17.9. The van der Waals surface area contributed by atoms with Gasteiger partial charge in [-0.05, 0) is 57.0 Å². The lowest BCUT2D eigenvalue weighted by atomic mass is 9.50. The lowest BCUT2D eigenvalue weighted by Crippen LogP contribution is -2.71. The number of carbonyl (C=O) groups is 6. The number of rotatable bonds is 16. The molecule has 0 aromatic heterocycles. The van der Waals surface area contributed by atoms with Gasteiger partial charge in [-0.2, -0.15) is 0 Å². The molecule has 1 aliphatic heterocycles. The molecule has 1 aromatic carbocycles. The number of fused-ring (bicyclic) bond motifs is 1. The molecule has 5 atom stereocenters. The highest BCUT2D eigenvalue weighted by molar-refractivity contribution is 5.91. The van der Waals surface area contributed by atoms with Crippen LogP contribution in [0.3, 0.4) is 0 Å². The first-order valence-corrected chi connectivity index (χ1v) is 18.1. The number of nitrogens with zero attached hydrogens (tertiary/aromatic N) is 4. The summed E-state index contributed by atoms with van der Waals surface area (Å²) in [6.07, 6.45) is 1.90. The first kappa shape index (κ1) is 43.1. The Bertz CT molecular complexity index is 1770. The molecule has 308 valence electrons. The van der Waals surface area contributed by atoms with Gasteiger partial charge in [0.1, 0.15) is 24.4 Å². The summed E-state index contributed by atoms with van der Waals surface area (Å²) in [5, 5.41) is 40.6. The summed E-state index contributed by atoms with van der Waals surface area (Å²) >= 11 is 0. The second-order valence-electron chi connectivity index (χ2n) is 14.5. The number of guanidine groups is 1. The number of likely N-dealkylation sites (tertiary alicyclic amines) is 1. The normalized spacial score (nSPS) is 22.0. The van der Waals surface area contributed by atoms with Gasteiger partial charge in [-0.25, -0.2) is 4.79 Å². The Kier molecular flexibility index (Phi) is 13.8. The Morgan fingerprint density at radius 1 is 1.14 bits per heavy atom. The molecule has 56 heavy (non-hydrogen) atoms. The molecule has 20 nitrogen and oxygen atoms in total. The van der Waals surface area contributed by atoms with Crippen molar-refractivity contribution in [3.63, 3.8) is 0 Å². The zero-order chi connectivity index (χ0) is 41.5. The van der Waals surface area contributed by atoms with Gasteiger partial charge in [0, 0.05) is 64.0 Å². The Morgan fingerprint density at radius 2 is 1.86 bits per heavy atom. The number of amides is 5. The van der Waals surface area contributed by atoms with Gasteiger partial charge < -0.3 is 62.0 Å². The monoisotopic (exact) mass is 787 g/mol. The van der Waals surface area contributed by atoms with Crippen molar-refractivity contribution in [3.05, 3.63) is 35.1 Å². The van der Waals surface area contributed by atoms with Crippen LogP contribution in [0.5, 0.6) is 11.5 Å². The third-order valence-corrected chi connectivity index (χ3v) is 10.8. The molecule has 5 unspecified atom stereocenters. The van der Waals surface area contributed by atoms with E-state index >= 15 is 0 Å². The lowest BCUT2D eigenvalue weighted by Gasteiger charge is -2.62. The van der Waals surface area contributed by atoms with E-state index in [-0.39, 0.29) is 61.5 Å². The van der Waals surface area contributed by atoms with E-state index in [0.29, 0.717) is 24.9 Å². The Morgan fingerprint density at radius 3 is 2.50 bits per heavy atom. The van der Waals surface area contributed by atoms with Crippen molar-refractivity contribution in [1.82, 2.24) is 30.7 Å². The second-order valence-corrected chi connectivity index (χ2v) is 14.5. The summed E-state index contributed by atoms with van der Waals surface area (Å²) in [6.45, 7) is 0.295. The van der Waals surface area contributed by atoms with Gasteiger partial charge in [0.25, 0.3) is 0 Å². The van der Waals surface area contributed by atoms with Crippen molar-refractivity contribution in [3.8, 4) is 11.5 Å². The number of hydrogen-bond acceptors (Lipinski definition) is 12. The molecule has 10 N–H and O–H groups in total. The van der Waals surface area contributed by atoms with Gasteiger partial charge >= 0.3 is 12.1 Å². The smallest absolute Gasteiger partial charge is 0.415 e. The van der Waals surface area contributed by atoms with Gasteiger partial charge in [-0.15, -0.1) is 0 Å². The van der Waals surface area contributed by atoms with E-state index in [4.69, 9.17) is 20.9 Å². The standard InChI is InChI=1S/C36H53N9O11/c1-20(46)40-18-27(47)42-23(7-6-13-39-33(37)38)31(51)41-17-24(32(52)44(3)19-28(48)49)45(4)34(53)56-22-10-11-36(54)26-15-21-8-9-25(55-5)30(50)29(21)35(36,16-22)12-14-43(26)2/h8-10,23-24,26,50,54H,6-7,11-19H2,1-5H3,(H,40,46)(H,41,51)(H,42,47)(H,48,49)(H4,37,38,39). The maximum absolute atomic E-state index is 13.9. The number of likely N-dealkylation sites (N-methyl/N-ethyl adjacent to an activating group) is 3. The van der Waals surface area contributed by atoms with E-state index in [9.17, 15) is 44.1 Å². The number of hydrogen-bond donors (Lipinski definition) is 8. The predicted molar refractivity (Wildman–Crippen MR) is 200 cm³/mol. The summed E-state index contributed by atoms with van der Waals surface area (Å²) in [4.78, 5) is 84.1. The number of methoxy groups -OCH3 is 1. The molecule has 0 saturated carbocycles. The highest BCUT2D eigenvalue weighted by Crippen LogP contribution is 2.60. The minimum atomic E-state index is -1.48. The number of ether oxygens (including phenoxy) is 2. The Labute approximate surface area is 324 Å². The molecule has 0 spiro atoms. The van der Waals surface area contributed by atoms with Gasteiger partial charge in [-0.3, -0.25) is 33.9 Å². The van der Waals surface area contributed by atoms with Crippen molar-refractivity contribution in [2.45, 2.75) is 74.6 Å². The number of phenolic OH excluding ortho intramolecular Hbond substituents is 1. The van der Waals surface area contributed by atoms with Crippen LogP contribution in [0, 0.1) is 0 Å². The van der Waals surface area contributed by atoms with Crippen LogP contribution in [0.4, 0.5) is 4.79 Å². The fraction of sp³-hybridized carbons (Fsp3) is 0.583. The van der Waals surface area contributed by atoms with Crippen LogP contribution in [-0.4, -0.2) is 156 Å². The number of aliphatic carboxylic acids is 1. The molecule has 2 bridgehead atoms. The van der Waals surface area contributed by atoms with Crippen LogP contribution in [-0.2, 0) is 40.5 Å². The van der Waals surface area contributed by atoms with Crippen molar-refractivity contribution in [1.29, 1.82) is 0 Å². The average Bonchev–Trinajstić information content (AvgIpc) is 3.13. The zero-order valence-electron chi connectivity index (χ0n) is 32.3. The summed E-state index contributed by atoms with van der Waals surface area (Å²) < 4.78 is 11.3. The van der Waals surface area contributed by atoms with E-state index in [0.717, 1.165) is 15.4 Å². The molecule has 1 aromatic rings. The van der Waals surface area contributed by atoms with E-state index < -0.39 is 78.4 Å². The van der Waals surface area contributed by atoms with Crippen LogP contribution in [0.25, 0.3) is 0 Å². The first-order chi connectivity index (χ1) is 26.3. The molecule has 1 saturated heterocycles. The zero-order valence-corrected chi connectivity index (χ0v) is 32.3. The molecule has 4 rings (SSSR count). The molecule has 3 aliphatic rings. The number of carboxylic acids is 1. The molecular weight excluding hydrogens is 734 g/mol. The molecule has 20 heteroatoms. The molecule has 1 heterocycles. The van der Waals surface area contributed by atoms with E-state index in [1.54, 1.807) is 12.1 Å². The van der Waals surface area contributed by atoms with Crippen molar-refractivity contribution >= 4 is 41.7 Å². The van der Waals surface area contributed by atoms with Crippen LogP contribution in [0.1, 0.15) is 50.2 Å². The average molecular weight is 788 g/mol. The fourth-order valence-corrected chi connectivity index (χ4v) is 7.94. The van der Waals surface area contributed by atoms with E-state index in [1.807, 2.05) is 13.1 Å². The number of piperidine rings is 1. The molecule has 2 aliphatic carbocycles. The predicted octanol–water partition coefficient (Wildman–Crippen LogP) is -1.92. The quantitative estimate of drug-likeness (QED) is 0.0515. The minimum absolute atomic E-state index is 0.0229. The van der Waals surface area contributed by atoms with Crippen LogP contribution < -0.4 is 32.2 Å². The number of nitrogens with two attached hydrogens (primary N) is 2. The minimum Gasteiger partial charge on any atom is -0.504 e. The van der Waals surface area contributed by atoms with Gasteiger partial charge in [-0.1, -0.05) is 6.07 Å². The number of carbonyl (C=O) groups excluding carboxylic acids is 5. The highest BCUT2D eigenvalue weighted by atomic mass is 16.6. The van der Waals surface area contributed by atoms with Gasteiger partial charge in [0.05, 0.1) is 19.3 Å². The highest BCUT2D eigenvalue weighted by Gasteiger charge is 2.64. The molecule has 5 amide bonds. The van der Waals surface area contributed by atoms with Crippen molar-refractivity contribution in [2.24, 2.45) is 16.5 Å². The van der Waals surface area contributed by atoms with Gasteiger partial charge in [0.2, 0.25) is 23.6 Å². The SMILES string of the molecule is COc1ccc2c(c1O)C13CCN(C)C(C2)C1(O)CC=C(OC(=O)N(C)C(CNC(=O)C(CCCN=C(N)N)NC(=O)CNC(C)=O)C(=O)N(C)CC(=O)O)C3. The molecule has 1 fully saturated rings. The van der Waals surface area contributed by atoms with Crippen LogP contribution in [0.15, 0.2) is 29.0 Å². The Hall–Kier alpha value is -5.63. The van der Waals surface area contributed by atoms with Crippen LogP contribution in [0.2, 0.25) is 0 Å². The number of phenols is 1. The summed E-state index contributed by atoms with van der Waals surface area (Å²) in [5.41, 5.74) is 9.73. The number of carboxylic acid groups (broad SMARTS) is 1. The first-order valence-electron chi connectivity index (χ1n) is 18.1. The van der Waals surface area contributed by atoms with Crippen molar-refractivity contribution < 1.29 is 53.6 Å². The number of nitrogens with one attached hydrogen (secondary N) is 3. The van der Waals surface area contributed by atoms with E-state index in [2.05, 4.69) is 25.8 Å². The lowest BCUT2D eigenvalue weighted by molar-refractivity contribution is -0.147. The number of benzene rings is 1. The van der Waals surface area contributed by atoms with E-state index in [1.165, 1.54) is 28.1 Å². The maximum atomic E-state index is 13.9. The number of allylic oxidation sites excluding steroid dienone is 1. The summed E-state index contributed by atoms with van der Waals surface area (Å²) in [6, 6.07) is 0.580. The summed E-state index contributed by atoms with van der Waals surface area (Å²) in [7, 11) is 5.84. The third-order valence-electron chi connectivity index (χ3n) is 10.8. The largest absolute Gasteiger partial charge is 0.504 e. The third kappa shape index (κ3) is 9.24. The fourth-order valence-electron chi connectivity index (χ4n) is 7.94. The Balaban J connectivity index is 1.57. The molecular formula is C36H53N9O11. The molecule has 0 radical (unpaired) electrons. The van der Waals surface area contributed by atoms with Gasteiger partial charge in [0.15, 0.2) is 17.5 Å². The topological polar surface area (TPSA) is 292 Å². The number of aromatic hydroxyl groups is 1. The summed E-state index contributed by atoms with van der Waals surface area (Å²) in [5.74, 6) is -3.89. The van der Waals surface area contributed by atoms with Crippen LogP contribution >= 0.6 is 0 Å². The number of aliphatic imine (C=N–C) groups is 1. The number of aliphatic hydroxyl groups is 1.